The molecule has 0 saturated heterocycles. The monoisotopic (exact) mass is 274 g/mol. The third-order valence-electron chi connectivity index (χ3n) is 3.01. The predicted octanol–water partition coefficient (Wildman–Crippen LogP) is 2.93. The van der Waals surface area contributed by atoms with Gasteiger partial charge in [0.05, 0.1) is 6.54 Å². The first-order chi connectivity index (χ1) is 9.88. The van der Waals surface area contributed by atoms with Crippen LogP contribution in [0.5, 0.6) is 0 Å². The highest BCUT2D eigenvalue weighted by atomic mass is 16.5. The summed E-state index contributed by atoms with van der Waals surface area (Å²) >= 11 is 0. The molecule has 20 heavy (non-hydrogen) atoms. The summed E-state index contributed by atoms with van der Waals surface area (Å²) in [6.45, 7) is 5.09. The molecule has 0 unspecified atom stereocenters. The minimum absolute atomic E-state index is 0.544. The molecule has 2 rings (SSSR count). The Labute approximate surface area is 120 Å². The van der Waals surface area contributed by atoms with E-state index in [1.165, 1.54) is 5.56 Å². The molecule has 2 heterocycles. The molecule has 0 bridgehead atoms. The first-order valence-corrected chi connectivity index (χ1v) is 7.13. The van der Waals surface area contributed by atoms with E-state index in [0.717, 1.165) is 44.1 Å². The number of aromatic nitrogens is 1. The standard InChI is InChI=1S/C16H22N2O2/c1-2-17-12-15-5-6-16(20-15)13-19-11-3-4-14-7-9-18-10-8-14/h5-10,17H,2-4,11-13H2,1H3. The Morgan fingerprint density at radius 1 is 1.15 bits per heavy atom. The van der Waals surface area contributed by atoms with Crippen LogP contribution in [0.1, 0.15) is 30.4 Å². The molecule has 2 aromatic rings. The Bertz CT molecular complexity index is 482. The summed E-state index contributed by atoms with van der Waals surface area (Å²) in [5.41, 5.74) is 1.30. The topological polar surface area (TPSA) is 47.3 Å². The van der Waals surface area contributed by atoms with Crippen molar-refractivity contribution >= 4 is 0 Å². The van der Waals surface area contributed by atoms with Gasteiger partial charge in [-0.25, -0.2) is 0 Å². The highest BCUT2D eigenvalue weighted by Gasteiger charge is 2.01. The van der Waals surface area contributed by atoms with Crippen LogP contribution in [0.2, 0.25) is 0 Å². The summed E-state index contributed by atoms with van der Waals surface area (Å²) in [5.74, 6) is 1.85. The Balaban J connectivity index is 1.60. The van der Waals surface area contributed by atoms with E-state index in [0.29, 0.717) is 6.61 Å². The molecule has 0 aliphatic carbocycles. The summed E-state index contributed by atoms with van der Waals surface area (Å²) in [4.78, 5) is 4.00. The maximum Gasteiger partial charge on any atom is 0.129 e. The minimum atomic E-state index is 0.544. The normalized spacial score (nSPS) is 10.8. The molecular formula is C16H22N2O2. The van der Waals surface area contributed by atoms with E-state index in [2.05, 4.69) is 17.2 Å². The van der Waals surface area contributed by atoms with Crippen molar-refractivity contribution in [2.75, 3.05) is 13.2 Å². The molecule has 0 atom stereocenters. The molecule has 2 aromatic heterocycles. The largest absolute Gasteiger partial charge is 0.462 e. The summed E-state index contributed by atoms with van der Waals surface area (Å²) in [6.07, 6.45) is 5.68. The Hall–Kier alpha value is -1.65. The van der Waals surface area contributed by atoms with Gasteiger partial charge in [0.25, 0.3) is 0 Å². The zero-order chi connectivity index (χ0) is 14.0. The molecule has 0 spiro atoms. The van der Waals surface area contributed by atoms with Crippen molar-refractivity contribution in [3.63, 3.8) is 0 Å². The molecule has 0 amide bonds. The summed E-state index contributed by atoms with van der Waals surface area (Å²) in [7, 11) is 0. The van der Waals surface area contributed by atoms with Crippen molar-refractivity contribution in [2.24, 2.45) is 0 Å². The van der Waals surface area contributed by atoms with E-state index in [9.17, 15) is 0 Å². The fourth-order valence-electron chi connectivity index (χ4n) is 1.94. The molecule has 0 radical (unpaired) electrons. The van der Waals surface area contributed by atoms with Gasteiger partial charge in [0.1, 0.15) is 18.1 Å². The van der Waals surface area contributed by atoms with Gasteiger partial charge in [-0.3, -0.25) is 4.98 Å². The fourth-order valence-corrected chi connectivity index (χ4v) is 1.94. The van der Waals surface area contributed by atoms with E-state index in [1.54, 1.807) is 0 Å². The average Bonchev–Trinajstić information content (AvgIpc) is 2.94. The maximum atomic E-state index is 5.65. The number of nitrogens with zero attached hydrogens (tertiary/aromatic N) is 1. The van der Waals surface area contributed by atoms with E-state index in [1.807, 2.05) is 36.7 Å². The van der Waals surface area contributed by atoms with Gasteiger partial charge in [-0.1, -0.05) is 6.92 Å². The van der Waals surface area contributed by atoms with Gasteiger partial charge in [0.2, 0.25) is 0 Å². The molecule has 0 aromatic carbocycles. The van der Waals surface area contributed by atoms with Crippen LogP contribution in [0.25, 0.3) is 0 Å². The van der Waals surface area contributed by atoms with Gasteiger partial charge in [0, 0.05) is 19.0 Å². The number of ether oxygens (including phenoxy) is 1. The number of pyridine rings is 1. The molecule has 0 aliphatic heterocycles. The van der Waals surface area contributed by atoms with Crippen molar-refractivity contribution in [2.45, 2.75) is 32.9 Å². The molecule has 108 valence electrons. The number of furan rings is 1. The molecule has 0 aliphatic rings. The predicted molar refractivity (Wildman–Crippen MR) is 78.3 cm³/mol. The third kappa shape index (κ3) is 5.15. The zero-order valence-electron chi connectivity index (χ0n) is 12.0. The number of aryl methyl sites for hydroxylation is 1. The second kappa shape index (κ2) is 8.51. The number of nitrogens with one attached hydrogen (secondary N) is 1. The zero-order valence-corrected chi connectivity index (χ0v) is 12.0. The quantitative estimate of drug-likeness (QED) is 0.714. The van der Waals surface area contributed by atoms with Gasteiger partial charge in [-0.15, -0.1) is 0 Å². The summed E-state index contributed by atoms with van der Waals surface area (Å²) in [6, 6.07) is 8.06. The first kappa shape index (κ1) is 14.8. The van der Waals surface area contributed by atoms with E-state index >= 15 is 0 Å². The van der Waals surface area contributed by atoms with Crippen LogP contribution in [0.4, 0.5) is 0 Å². The van der Waals surface area contributed by atoms with Crippen molar-refractivity contribution in [1.29, 1.82) is 0 Å². The molecule has 4 heteroatoms. The average molecular weight is 274 g/mol. The highest BCUT2D eigenvalue weighted by molar-refractivity contribution is 5.09. The van der Waals surface area contributed by atoms with Crippen molar-refractivity contribution in [1.82, 2.24) is 10.3 Å². The SMILES string of the molecule is CCNCc1ccc(COCCCc2ccncc2)o1. The van der Waals surface area contributed by atoms with Crippen LogP contribution in [0.15, 0.2) is 41.1 Å². The van der Waals surface area contributed by atoms with Crippen molar-refractivity contribution in [3.8, 4) is 0 Å². The van der Waals surface area contributed by atoms with Gasteiger partial charge in [-0.05, 0) is 49.2 Å². The lowest BCUT2D eigenvalue weighted by Gasteiger charge is -2.03. The van der Waals surface area contributed by atoms with Crippen LogP contribution in [0, 0.1) is 0 Å². The lowest BCUT2D eigenvalue weighted by atomic mass is 10.1. The lowest BCUT2D eigenvalue weighted by molar-refractivity contribution is 0.103. The minimum Gasteiger partial charge on any atom is -0.462 e. The van der Waals surface area contributed by atoms with Crippen LogP contribution >= 0.6 is 0 Å². The van der Waals surface area contributed by atoms with Gasteiger partial charge >= 0.3 is 0 Å². The highest BCUT2D eigenvalue weighted by Crippen LogP contribution is 2.09. The second-order valence-corrected chi connectivity index (χ2v) is 4.66. The number of rotatable bonds is 9. The Morgan fingerprint density at radius 2 is 1.95 bits per heavy atom. The van der Waals surface area contributed by atoms with Crippen LogP contribution in [-0.2, 0) is 24.3 Å². The van der Waals surface area contributed by atoms with Gasteiger partial charge < -0.3 is 14.5 Å². The van der Waals surface area contributed by atoms with Crippen LogP contribution < -0.4 is 5.32 Å². The van der Waals surface area contributed by atoms with Gasteiger partial charge in [0.15, 0.2) is 0 Å². The van der Waals surface area contributed by atoms with E-state index in [-0.39, 0.29) is 0 Å². The lowest BCUT2D eigenvalue weighted by Crippen LogP contribution is -2.10. The second-order valence-electron chi connectivity index (χ2n) is 4.66. The molecule has 1 N–H and O–H groups in total. The molecule has 0 saturated carbocycles. The van der Waals surface area contributed by atoms with Crippen LogP contribution in [0.3, 0.4) is 0 Å². The summed E-state index contributed by atoms with van der Waals surface area (Å²) < 4.78 is 11.3. The number of hydrogen-bond donors (Lipinski definition) is 1. The molecular weight excluding hydrogens is 252 g/mol. The van der Waals surface area contributed by atoms with Crippen molar-refractivity contribution in [3.05, 3.63) is 53.7 Å². The third-order valence-corrected chi connectivity index (χ3v) is 3.01. The number of hydrogen-bond acceptors (Lipinski definition) is 4. The first-order valence-electron chi connectivity index (χ1n) is 7.13. The molecule has 4 nitrogen and oxygen atoms in total. The Kier molecular flexibility index (Phi) is 6.27. The summed E-state index contributed by atoms with van der Waals surface area (Å²) in [5, 5.41) is 3.23. The maximum absolute atomic E-state index is 5.65. The van der Waals surface area contributed by atoms with E-state index < -0.39 is 0 Å². The fraction of sp³-hybridized carbons (Fsp3) is 0.438. The van der Waals surface area contributed by atoms with E-state index in [4.69, 9.17) is 9.15 Å². The van der Waals surface area contributed by atoms with Crippen LogP contribution in [-0.4, -0.2) is 18.1 Å². The Morgan fingerprint density at radius 3 is 2.75 bits per heavy atom. The molecule has 0 fully saturated rings. The van der Waals surface area contributed by atoms with Crippen molar-refractivity contribution < 1.29 is 9.15 Å². The smallest absolute Gasteiger partial charge is 0.129 e. The van der Waals surface area contributed by atoms with Gasteiger partial charge in [-0.2, -0.15) is 0 Å².